The Morgan fingerprint density at radius 2 is 1.75 bits per heavy atom. The summed E-state index contributed by atoms with van der Waals surface area (Å²) in [5.41, 5.74) is 2.86. The van der Waals surface area contributed by atoms with Gasteiger partial charge in [0.25, 0.3) is 0 Å². The van der Waals surface area contributed by atoms with Gasteiger partial charge in [0.2, 0.25) is 0 Å². The fourth-order valence-electron chi connectivity index (χ4n) is 1.94. The molecule has 20 heavy (non-hydrogen) atoms. The fourth-order valence-corrected chi connectivity index (χ4v) is 1.94. The Labute approximate surface area is 118 Å². The van der Waals surface area contributed by atoms with Crippen LogP contribution in [0.4, 0.5) is 0 Å². The van der Waals surface area contributed by atoms with Crippen molar-refractivity contribution in [2.75, 3.05) is 7.11 Å². The molecule has 0 unspecified atom stereocenters. The second-order valence-corrected chi connectivity index (χ2v) is 4.45. The van der Waals surface area contributed by atoms with E-state index in [0.717, 1.165) is 11.1 Å². The molecular formula is C17H16O3. The van der Waals surface area contributed by atoms with Crippen LogP contribution >= 0.6 is 0 Å². The lowest BCUT2D eigenvalue weighted by molar-refractivity contribution is -0.130. The number of carbonyl (C=O) groups is 1. The van der Waals surface area contributed by atoms with Crippen LogP contribution in [0.3, 0.4) is 0 Å². The van der Waals surface area contributed by atoms with Crippen LogP contribution in [0.25, 0.3) is 11.6 Å². The molecule has 3 heteroatoms. The number of carboxylic acids is 1. The van der Waals surface area contributed by atoms with E-state index in [0.29, 0.717) is 11.3 Å². The normalized spacial score (nSPS) is 11.2. The predicted octanol–water partition coefficient (Wildman–Crippen LogP) is 3.63. The summed E-state index contributed by atoms with van der Waals surface area (Å²) in [5.74, 6) is -0.243. The standard InChI is InChI=1S/C17H16O3/c1-12-5-3-4-6-14(12)11-16(17(18)19)13-7-9-15(20-2)10-8-13/h3-11H,1-2H3,(H,18,19)/b16-11+. The zero-order valence-electron chi connectivity index (χ0n) is 11.5. The summed E-state index contributed by atoms with van der Waals surface area (Å²) in [6.45, 7) is 1.96. The van der Waals surface area contributed by atoms with Crippen molar-refractivity contribution in [3.8, 4) is 5.75 Å². The van der Waals surface area contributed by atoms with Gasteiger partial charge in [0.15, 0.2) is 0 Å². The molecule has 2 rings (SSSR count). The summed E-state index contributed by atoms with van der Waals surface area (Å²) in [7, 11) is 1.58. The van der Waals surface area contributed by atoms with Crippen molar-refractivity contribution in [1.29, 1.82) is 0 Å². The summed E-state index contributed by atoms with van der Waals surface area (Å²) in [4.78, 5) is 11.5. The summed E-state index contributed by atoms with van der Waals surface area (Å²) in [5, 5.41) is 9.41. The lowest BCUT2D eigenvalue weighted by Gasteiger charge is -2.06. The number of rotatable bonds is 4. The average Bonchev–Trinajstić information content (AvgIpc) is 2.46. The van der Waals surface area contributed by atoms with Gasteiger partial charge in [0.1, 0.15) is 5.75 Å². The van der Waals surface area contributed by atoms with E-state index in [1.165, 1.54) is 0 Å². The summed E-state index contributed by atoms with van der Waals surface area (Å²) in [6, 6.07) is 14.7. The second-order valence-electron chi connectivity index (χ2n) is 4.45. The van der Waals surface area contributed by atoms with Crippen LogP contribution < -0.4 is 4.74 Å². The van der Waals surface area contributed by atoms with E-state index in [-0.39, 0.29) is 5.57 Å². The Morgan fingerprint density at radius 3 is 2.30 bits per heavy atom. The zero-order valence-corrected chi connectivity index (χ0v) is 11.5. The highest BCUT2D eigenvalue weighted by atomic mass is 16.5. The highest BCUT2D eigenvalue weighted by molar-refractivity contribution is 6.20. The molecule has 0 saturated carbocycles. The van der Waals surface area contributed by atoms with Crippen molar-refractivity contribution >= 4 is 17.6 Å². The van der Waals surface area contributed by atoms with Crippen molar-refractivity contribution in [3.05, 3.63) is 65.2 Å². The lowest BCUT2D eigenvalue weighted by Crippen LogP contribution is -2.00. The minimum absolute atomic E-state index is 0.266. The summed E-state index contributed by atoms with van der Waals surface area (Å²) >= 11 is 0. The molecule has 0 amide bonds. The molecule has 0 spiro atoms. The van der Waals surface area contributed by atoms with Gasteiger partial charge in [-0.05, 0) is 41.8 Å². The molecule has 0 aliphatic rings. The van der Waals surface area contributed by atoms with Gasteiger partial charge >= 0.3 is 5.97 Å². The van der Waals surface area contributed by atoms with Gasteiger partial charge in [-0.1, -0.05) is 36.4 Å². The van der Waals surface area contributed by atoms with Gasteiger partial charge < -0.3 is 9.84 Å². The predicted molar refractivity (Wildman–Crippen MR) is 79.7 cm³/mol. The van der Waals surface area contributed by atoms with Crippen molar-refractivity contribution in [1.82, 2.24) is 0 Å². The van der Waals surface area contributed by atoms with Crippen LogP contribution in [0.1, 0.15) is 16.7 Å². The molecule has 3 nitrogen and oxygen atoms in total. The van der Waals surface area contributed by atoms with E-state index >= 15 is 0 Å². The van der Waals surface area contributed by atoms with Gasteiger partial charge in [-0.2, -0.15) is 0 Å². The first kappa shape index (κ1) is 13.9. The maximum Gasteiger partial charge on any atom is 0.336 e. The number of hydrogen-bond acceptors (Lipinski definition) is 2. The molecule has 2 aromatic carbocycles. The monoisotopic (exact) mass is 268 g/mol. The van der Waals surface area contributed by atoms with E-state index in [1.807, 2.05) is 31.2 Å². The highest BCUT2D eigenvalue weighted by Crippen LogP contribution is 2.22. The second kappa shape index (κ2) is 6.06. The molecule has 0 heterocycles. The molecule has 0 fully saturated rings. The van der Waals surface area contributed by atoms with Crippen LogP contribution in [0.2, 0.25) is 0 Å². The van der Waals surface area contributed by atoms with Crippen LogP contribution in [-0.2, 0) is 4.79 Å². The van der Waals surface area contributed by atoms with Gasteiger partial charge in [-0.3, -0.25) is 0 Å². The lowest BCUT2D eigenvalue weighted by atomic mass is 10.0. The van der Waals surface area contributed by atoms with E-state index in [4.69, 9.17) is 4.74 Å². The van der Waals surface area contributed by atoms with Crippen LogP contribution in [-0.4, -0.2) is 18.2 Å². The number of methoxy groups -OCH3 is 1. The Hall–Kier alpha value is -2.55. The first-order valence-corrected chi connectivity index (χ1v) is 6.27. The van der Waals surface area contributed by atoms with E-state index in [1.54, 1.807) is 37.5 Å². The maximum absolute atomic E-state index is 11.5. The SMILES string of the molecule is COc1ccc(/C(=C\c2ccccc2C)C(=O)O)cc1. The zero-order chi connectivity index (χ0) is 14.5. The van der Waals surface area contributed by atoms with Crippen LogP contribution in [0, 0.1) is 6.92 Å². The van der Waals surface area contributed by atoms with Crippen molar-refractivity contribution in [2.45, 2.75) is 6.92 Å². The minimum Gasteiger partial charge on any atom is -0.497 e. The van der Waals surface area contributed by atoms with Gasteiger partial charge in [-0.15, -0.1) is 0 Å². The number of aryl methyl sites for hydroxylation is 1. The first-order chi connectivity index (χ1) is 9.61. The molecule has 102 valence electrons. The van der Waals surface area contributed by atoms with Gasteiger partial charge in [0, 0.05) is 0 Å². The van der Waals surface area contributed by atoms with Crippen molar-refractivity contribution in [3.63, 3.8) is 0 Å². The van der Waals surface area contributed by atoms with Crippen molar-refractivity contribution in [2.24, 2.45) is 0 Å². The molecular weight excluding hydrogens is 252 g/mol. The third kappa shape index (κ3) is 3.06. The number of aliphatic carboxylic acids is 1. The Morgan fingerprint density at radius 1 is 1.10 bits per heavy atom. The number of hydrogen-bond donors (Lipinski definition) is 1. The molecule has 1 N–H and O–H groups in total. The number of benzene rings is 2. The number of carboxylic acid groups (broad SMARTS) is 1. The average molecular weight is 268 g/mol. The Kier molecular flexibility index (Phi) is 4.20. The Bertz CT molecular complexity index is 640. The minimum atomic E-state index is -0.946. The molecule has 2 aromatic rings. The third-order valence-electron chi connectivity index (χ3n) is 3.12. The van der Waals surface area contributed by atoms with Crippen LogP contribution in [0.15, 0.2) is 48.5 Å². The fraction of sp³-hybridized carbons (Fsp3) is 0.118. The molecule has 0 atom stereocenters. The van der Waals surface area contributed by atoms with E-state index < -0.39 is 5.97 Å². The molecule has 0 saturated heterocycles. The van der Waals surface area contributed by atoms with Gasteiger partial charge in [-0.25, -0.2) is 4.79 Å². The molecule has 0 bridgehead atoms. The molecule has 0 aliphatic heterocycles. The molecule has 0 aromatic heterocycles. The molecule has 0 aliphatic carbocycles. The summed E-state index contributed by atoms with van der Waals surface area (Å²) in [6.07, 6.45) is 1.69. The van der Waals surface area contributed by atoms with Crippen molar-refractivity contribution < 1.29 is 14.6 Å². The van der Waals surface area contributed by atoms with Crippen LogP contribution in [0.5, 0.6) is 5.75 Å². The topological polar surface area (TPSA) is 46.5 Å². The quantitative estimate of drug-likeness (QED) is 0.680. The smallest absolute Gasteiger partial charge is 0.336 e. The maximum atomic E-state index is 11.5. The highest BCUT2D eigenvalue weighted by Gasteiger charge is 2.11. The first-order valence-electron chi connectivity index (χ1n) is 6.27. The molecule has 0 radical (unpaired) electrons. The van der Waals surface area contributed by atoms with E-state index in [9.17, 15) is 9.90 Å². The third-order valence-corrected chi connectivity index (χ3v) is 3.12. The van der Waals surface area contributed by atoms with E-state index in [2.05, 4.69) is 0 Å². The summed E-state index contributed by atoms with van der Waals surface area (Å²) < 4.78 is 5.08. The van der Waals surface area contributed by atoms with Gasteiger partial charge in [0.05, 0.1) is 12.7 Å². The largest absolute Gasteiger partial charge is 0.497 e. The Balaban J connectivity index is 2.46. The number of ether oxygens (including phenoxy) is 1.